The smallest absolute Gasteiger partial charge is 0.283 e. The molecule has 104 valence electrons. The molecule has 0 unspecified atom stereocenters. The van der Waals surface area contributed by atoms with E-state index in [1.807, 2.05) is 6.07 Å². The van der Waals surface area contributed by atoms with E-state index in [9.17, 15) is 0 Å². The minimum atomic E-state index is 0.435. The van der Waals surface area contributed by atoms with Gasteiger partial charge in [-0.25, -0.2) is 0 Å². The molecular formula is C14H21N3O2. The zero-order chi connectivity index (χ0) is 13.8. The molecule has 0 saturated carbocycles. The maximum absolute atomic E-state index is 5.60. The molecule has 0 amide bonds. The molecule has 0 bridgehead atoms. The highest BCUT2D eigenvalue weighted by atomic mass is 16.4. The summed E-state index contributed by atoms with van der Waals surface area (Å²) in [4.78, 5) is 2.22. The average Bonchev–Trinajstić information content (AvgIpc) is 2.96. The SMILES string of the molecule is CC(C)C[C@H](C)N(C)Cc1nnc(-c2ccco2)o1. The highest BCUT2D eigenvalue weighted by molar-refractivity contribution is 5.42. The first-order chi connectivity index (χ1) is 9.06. The number of aromatic nitrogens is 2. The summed E-state index contributed by atoms with van der Waals surface area (Å²) in [5.41, 5.74) is 0. The van der Waals surface area contributed by atoms with Gasteiger partial charge in [0, 0.05) is 6.04 Å². The van der Waals surface area contributed by atoms with Gasteiger partial charge in [-0.3, -0.25) is 4.90 Å². The van der Waals surface area contributed by atoms with Crippen molar-refractivity contribution in [2.75, 3.05) is 7.05 Å². The zero-order valence-corrected chi connectivity index (χ0v) is 12.0. The molecule has 19 heavy (non-hydrogen) atoms. The third-order valence-electron chi connectivity index (χ3n) is 3.15. The molecule has 1 atom stereocenters. The van der Waals surface area contributed by atoms with E-state index >= 15 is 0 Å². The molecule has 5 heteroatoms. The molecule has 0 spiro atoms. The lowest BCUT2D eigenvalue weighted by atomic mass is 10.0. The predicted octanol–water partition coefficient (Wildman–Crippen LogP) is 3.20. The Morgan fingerprint density at radius 3 is 2.68 bits per heavy atom. The normalized spacial score (nSPS) is 13.4. The second kappa shape index (κ2) is 6.02. The second-order valence-corrected chi connectivity index (χ2v) is 5.37. The second-order valence-electron chi connectivity index (χ2n) is 5.37. The van der Waals surface area contributed by atoms with Gasteiger partial charge in [-0.05, 0) is 38.4 Å². The molecule has 0 aliphatic rings. The Morgan fingerprint density at radius 1 is 1.26 bits per heavy atom. The van der Waals surface area contributed by atoms with Crippen molar-refractivity contribution in [1.29, 1.82) is 0 Å². The highest BCUT2D eigenvalue weighted by Gasteiger charge is 2.16. The molecule has 0 N–H and O–H groups in total. The van der Waals surface area contributed by atoms with Gasteiger partial charge in [0.05, 0.1) is 12.8 Å². The van der Waals surface area contributed by atoms with Crippen LogP contribution >= 0.6 is 0 Å². The van der Waals surface area contributed by atoms with Crippen LogP contribution in [0.15, 0.2) is 27.2 Å². The fourth-order valence-corrected chi connectivity index (χ4v) is 2.05. The summed E-state index contributed by atoms with van der Waals surface area (Å²) < 4.78 is 10.8. The molecule has 2 heterocycles. The average molecular weight is 263 g/mol. The van der Waals surface area contributed by atoms with Crippen LogP contribution in [0.2, 0.25) is 0 Å². The van der Waals surface area contributed by atoms with Gasteiger partial charge < -0.3 is 8.83 Å². The Morgan fingerprint density at radius 2 is 2.05 bits per heavy atom. The molecule has 0 saturated heterocycles. The first-order valence-corrected chi connectivity index (χ1v) is 6.62. The lowest BCUT2D eigenvalue weighted by Gasteiger charge is -2.24. The molecule has 0 aliphatic heterocycles. The monoisotopic (exact) mass is 263 g/mol. The third kappa shape index (κ3) is 3.67. The largest absolute Gasteiger partial charge is 0.459 e. The summed E-state index contributed by atoms with van der Waals surface area (Å²) in [5, 5.41) is 8.05. The number of hydrogen-bond donors (Lipinski definition) is 0. The molecule has 0 aliphatic carbocycles. The number of nitrogens with zero attached hydrogens (tertiary/aromatic N) is 3. The van der Waals surface area contributed by atoms with E-state index in [4.69, 9.17) is 8.83 Å². The van der Waals surface area contributed by atoms with Gasteiger partial charge in [-0.2, -0.15) is 0 Å². The summed E-state index contributed by atoms with van der Waals surface area (Å²) in [6.45, 7) is 7.32. The van der Waals surface area contributed by atoms with E-state index in [1.54, 1.807) is 12.3 Å². The fraction of sp³-hybridized carbons (Fsp3) is 0.571. The van der Waals surface area contributed by atoms with E-state index in [0.29, 0.717) is 36.0 Å². The summed E-state index contributed by atoms with van der Waals surface area (Å²) in [5.74, 6) is 2.34. The number of hydrogen-bond acceptors (Lipinski definition) is 5. The van der Waals surface area contributed by atoms with E-state index in [1.165, 1.54) is 0 Å². The minimum Gasteiger partial charge on any atom is -0.459 e. The van der Waals surface area contributed by atoms with Crippen LogP contribution in [0.5, 0.6) is 0 Å². The molecule has 5 nitrogen and oxygen atoms in total. The van der Waals surface area contributed by atoms with Crippen LogP contribution in [0.3, 0.4) is 0 Å². The van der Waals surface area contributed by atoms with Gasteiger partial charge >= 0.3 is 0 Å². The molecule has 0 fully saturated rings. The van der Waals surface area contributed by atoms with Crippen LogP contribution < -0.4 is 0 Å². The lowest BCUT2D eigenvalue weighted by molar-refractivity contribution is 0.202. The van der Waals surface area contributed by atoms with Gasteiger partial charge in [-0.1, -0.05) is 13.8 Å². The first-order valence-electron chi connectivity index (χ1n) is 6.62. The van der Waals surface area contributed by atoms with Gasteiger partial charge in [0.25, 0.3) is 5.89 Å². The fourth-order valence-electron chi connectivity index (χ4n) is 2.05. The van der Waals surface area contributed by atoms with E-state index in [2.05, 4.69) is 42.9 Å². The van der Waals surface area contributed by atoms with Crippen LogP contribution in [0.1, 0.15) is 33.1 Å². The topological polar surface area (TPSA) is 55.3 Å². The highest BCUT2D eigenvalue weighted by Crippen LogP contribution is 2.19. The van der Waals surface area contributed by atoms with Gasteiger partial charge in [-0.15, -0.1) is 10.2 Å². The van der Waals surface area contributed by atoms with Crippen molar-refractivity contribution in [3.63, 3.8) is 0 Å². The van der Waals surface area contributed by atoms with Crippen LogP contribution in [0.25, 0.3) is 11.7 Å². The van der Waals surface area contributed by atoms with E-state index in [-0.39, 0.29) is 0 Å². The summed E-state index contributed by atoms with van der Waals surface area (Å²) in [7, 11) is 2.07. The molecule has 2 rings (SSSR count). The summed E-state index contributed by atoms with van der Waals surface area (Å²) in [6.07, 6.45) is 2.74. The third-order valence-corrected chi connectivity index (χ3v) is 3.15. The van der Waals surface area contributed by atoms with Crippen molar-refractivity contribution in [2.45, 2.75) is 39.8 Å². The van der Waals surface area contributed by atoms with Crippen molar-refractivity contribution in [2.24, 2.45) is 5.92 Å². The Bertz CT molecular complexity index is 491. The molecule has 0 radical (unpaired) electrons. The van der Waals surface area contributed by atoms with Gasteiger partial charge in [0.2, 0.25) is 5.89 Å². The van der Waals surface area contributed by atoms with Crippen LogP contribution in [-0.2, 0) is 6.54 Å². The Hall–Kier alpha value is -1.62. The van der Waals surface area contributed by atoms with Crippen LogP contribution in [-0.4, -0.2) is 28.2 Å². The van der Waals surface area contributed by atoms with Crippen molar-refractivity contribution in [3.8, 4) is 11.7 Å². The van der Waals surface area contributed by atoms with Crippen molar-refractivity contribution >= 4 is 0 Å². The Labute approximate surface area is 113 Å². The van der Waals surface area contributed by atoms with Crippen molar-refractivity contribution < 1.29 is 8.83 Å². The van der Waals surface area contributed by atoms with E-state index < -0.39 is 0 Å². The number of furan rings is 1. The molecular weight excluding hydrogens is 242 g/mol. The Balaban J connectivity index is 1.96. The minimum absolute atomic E-state index is 0.435. The molecule has 2 aromatic heterocycles. The standard InChI is InChI=1S/C14H21N3O2/c1-10(2)8-11(3)17(4)9-13-15-16-14(19-13)12-6-5-7-18-12/h5-7,10-11H,8-9H2,1-4H3/t11-/m0/s1. The maximum atomic E-state index is 5.60. The van der Waals surface area contributed by atoms with Gasteiger partial charge in [0.15, 0.2) is 5.76 Å². The first kappa shape index (κ1) is 13.8. The summed E-state index contributed by atoms with van der Waals surface area (Å²) in [6, 6.07) is 4.09. The van der Waals surface area contributed by atoms with Crippen LogP contribution in [0.4, 0.5) is 0 Å². The van der Waals surface area contributed by atoms with Crippen LogP contribution in [0, 0.1) is 5.92 Å². The van der Waals surface area contributed by atoms with Gasteiger partial charge in [0.1, 0.15) is 0 Å². The Kier molecular flexibility index (Phi) is 4.37. The van der Waals surface area contributed by atoms with E-state index in [0.717, 1.165) is 6.42 Å². The van der Waals surface area contributed by atoms with Crippen molar-refractivity contribution in [3.05, 3.63) is 24.3 Å². The zero-order valence-electron chi connectivity index (χ0n) is 12.0. The number of rotatable bonds is 6. The molecule has 0 aromatic carbocycles. The van der Waals surface area contributed by atoms with Crippen molar-refractivity contribution in [1.82, 2.24) is 15.1 Å². The maximum Gasteiger partial charge on any atom is 0.283 e. The lowest BCUT2D eigenvalue weighted by Crippen LogP contribution is -2.29. The molecule has 2 aromatic rings. The predicted molar refractivity (Wildman–Crippen MR) is 72.4 cm³/mol. The quantitative estimate of drug-likeness (QED) is 0.801. The summed E-state index contributed by atoms with van der Waals surface area (Å²) >= 11 is 0.